The summed E-state index contributed by atoms with van der Waals surface area (Å²) in [7, 11) is 1.64. The molecule has 0 spiro atoms. The van der Waals surface area contributed by atoms with Crippen molar-refractivity contribution in [3.8, 4) is 5.75 Å². The summed E-state index contributed by atoms with van der Waals surface area (Å²) in [5.74, 6) is 0.800. The molecule has 2 rings (SSSR count). The van der Waals surface area contributed by atoms with Crippen LogP contribution in [0.3, 0.4) is 0 Å². The molecule has 0 saturated carbocycles. The molecule has 98 valence electrons. The molecule has 19 heavy (non-hydrogen) atoms. The number of carbonyl (C=O) groups excluding carboxylic acids is 1. The summed E-state index contributed by atoms with van der Waals surface area (Å²) >= 11 is 1.48. The topological polar surface area (TPSA) is 50.4 Å². The van der Waals surface area contributed by atoms with Crippen LogP contribution in [0.1, 0.15) is 0 Å². The van der Waals surface area contributed by atoms with E-state index in [-0.39, 0.29) is 0 Å². The van der Waals surface area contributed by atoms with E-state index in [9.17, 15) is 4.79 Å². The van der Waals surface area contributed by atoms with Crippen LogP contribution in [0.25, 0.3) is 0 Å². The maximum absolute atomic E-state index is 10.3. The maximum atomic E-state index is 10.3. The number of hydrogen-bond acceptors (Lipinski definition) is 4. The summed E-state index contributed by atoms with van der Waals surface area (Å²) in [6.45, 7) is 0. The van der Waals surface area contributed by atoms with Crippen LogP contribution < -0.4 is 14.8 Å². The fourth-order valence-corrected chi connectivity index (χ4v) is 2.20. The first kappa shape index (κ1) is 13.3. The van der Waals surface area contributed by atoms with Crippen molar-refractivity contribution in [2.24, 2.45) is 0 Å². The first-order valence-electron chi connectivity index (χ1n) is 5.69. The number of anilines is 2. The van der Waals surface area contributed by atoms with Gasteiger partial charge in [0, 0.05) is 10.6 Å². The van der Waals surface area contributed by atoms with E-state index in [1.54, 1.807) is 7.11 Å². The second kappa shape index (κ2) is 6.70. The molecule has 0 unspecified atom stereocenters. The zero-order valence-electron chi connectivity index (χ0n) is 10.4. The number of amides is 1. The van der Waals surface area contributed by atoms with Crippen LogP contribution in [0.4, 0.5) is 11.4 Å². The summed E-state index contributed by atoms with van der Waals surface area (Å²) < 4.78 is 8.49. The Morgan fingerprint density at radius 2 is 1.84 bits per heavy atom. The monoisotopic (exact) mass is 274 g/mol. The molecule has 2 N–H and O–H groups in total. The van der Waals surface area contributed by atoms with Crippen molar-refractivity contribution in [1.29, 1.82) is 0 Å². The molecule has 0 aromatic heterocycles. The Labute approximate surface area is 116 Å². The van der Waals surface area contributed by atoms with Gasteiger partial charge in [-0.25, -0.2) is 0 Å². The van der Waals surface area contributed by atoms with E-state index < -0.39 is 0 Å². The number of benzene rings is 2. The Morgan fingerprint density at radius 1 is 1.11 bits per heavy atom. The smallest absolute Gasteiger partial charge is 0.211 e. The highest BCUT2D eigenvalue weighted by Gasteiger charge is 2.01. The van der Waals surface area contributed by atoms with E-state index in [1.165, 1.54) is 11.9 Å². The standard InChI is InChI=1S/C14H14N2O2S/c1-18-14-5-3-2-4-13(14)16-19-12-8-6-11(7-9-12)15-10-17/h2-10,16H,1H3,(H,15,17). The molecule has 1 amide bonds. The SMILES string of the molecule is COc1ccccc1NSc1ccc(NC=O)cc1. The molecular weight excluding hydrogens is 260 g/mol. The number of nitrogens with one attached hydrogen (secondary N) is 2. The van der Waals surface area contributed by atoms with E-state index in [1.807, 2.05) is 48.5 Å². The van der Waals surface area contributed by atoms with E-state index in [0.717, 1.165) is 22.0 Å². The van der Waals surface area contributed by atoms with Gasteiger partial charge in [-0.15, -0.1) is 0 Å². The Morgan fingerprint density at radius 3 is 2.53 bits per heavy atom. The third kappa shape index (κ3) is 3.66. The summed E-state index contributed by atoms with van der Waals surface area (Å²) in [6.07, 6.45) is 0.662. The van der Waals surface area contributed by atoms with E-state index in [0.29, 0.717) is 6.41 Å². The highest BCUT2D eigenvalue weighted by Crippen LogP contribution is 2.29. The summed E-state index contributed by atoms with van der Waals surface area (Å²) in [4.78, 5) is 11.3. The van der Waals surface area contributed by atoms with Gasteiger partial charge >= 0.3 is 0 Å². The van der Waals surface area contributed by atoms with Crippen molar-refractivity contribution in [3.05, 3.63) is 48.5 Å². The molecule has 0 aliphatic heterocycles. The Balaban J connectivity index is 2.00. The van der Waals surface area contributed by atoms with Gasteiger partial charge in [-0.3, -0.25) is 4.79 Å². The largest absolute Gasteiger partial charge is 0.495 e. The van der Waals surface area contributed by atoms with E-state index in [4.69, 9.17) is 4.74 Å². The van der Waals surface area contributed by atoms with Gasteiger partial charge in [0.15, 0.2) is 0 Å². The van der Waals surface area contributed by atoms with E-state index >= 15 is 0 Å². The van der Waals surface area contributed by atoms with Gasteiger partial charge in [-0.1, -0.05) is 12.1 Å². The zero-order chi connectivity index (χ0) is 13.5. The molecule has 0 heterocycles. The molecule has 2 aromatic rings. The predicted octanol–water partition coefficient (Wildman–Crippen LogP) is 3.38. The van der Waals surface area contributed by atoms with Crippen molar-refractivity contribution in [1.82, 2.24) is 0 Å². The third-order valence-electron chi connectivity index (χ3n) is 2.47. The predicted molar refractivity (Wildman–Crippen MR) is 78.6 cm³/mol. The average Bonchev–Trinajstić information content (AvgIpc) is 2.47. The average molecular weight is 274 g/mol. The second-order valence-corrected chi connectivity index (χ2v) is 4.57. The molecule has 0 fully saturated rings. The number of carbonyl (C=O) groups is 1. The van der Waals surface area contributed by atoms with Gasteiger partial charge in [0.25, 0.3) is 0 Å². The molecule has 0 bridgehead atoms. The fourth-order valence-electron chi connectivity index (χ4n) is 1.53. The van der Waals surface area contributed by atoms with Gasteiger partial charge in [0.05, 0.1) is 12.8 Å². The quantitative estimate of drug-likeness (QED) is 0.626. The van der Waals surface area contributed by atoms with Crippen molar-refractivity contribution < 1.29 is 9.53 Å². The van der Waals surface area contributed by atoms with Gasteiger partial charge in [-0.2, -0.15) is 0 Å². The summed E-state index contributed by atoms with van der Waals surface area (Å²) in [5, 5.41) is 2.60. The minimum Gasteiger partial charge on any atom is -0.495 e. The molecule has 0 radical (unpaired) electrons. The second-order valence-electron chi connectivity index (χ2n) is 3.69. The van der Waals surface area contributed by atoms with Gasteiger partial charge in [0.2, 0.25) is 6.41 Å². The third-order valence-corrected chi connectivity index (χ3v) is 3.30. The van der Waals surface area contributed by atoms with Crippen LogP contribution in [0.15, 0.2) is 53.4 Å². The Hall–Kier alpha value is -2.14. The van der Waals surface area contributed by atoms with Crippen LogP contribution in [-0.2, 0) is 4.79 Å². The lowest BCUT2D eigenvalue weighted by molar-refractivity contribution is -0.105. The number of hydrogen-bond donors (Lipinski definition) is 2. The molecule has 0 aliphatic carbocycles. The molecule has 0 saturated heterocycles. The molecule has 4 nitrogen and oxygen atoms in total. The first-order chi connectivity index (χ1) is 9.33. The Kier molecular flexibility index (Phi) is 4.69. The summed E-state index contributed by atoms with van der Waals surface area (Å²) in [5.41, 5.74) is 1.70. The lowest BCUT2D eigenvalue weighted by Gasteiger charge is -2.10. The van der Waals surface area contributed by atoms with Crippen LogP contribution >= 0.6 is 11.9 Å². The van der Waals surface area contributed by atoms with Crippen LogP contribution in [-0.4, -0.2) is 13.5 Å². The number of rotatable bonds is 6. The normalized spacial score (nSPS) is 9.74. The van der Waals surface area contributed by atoms with Crippen LogP contribution in [0, 0.1) is 0 Å². The van der Waals surface area contributed by atoms with Crippen LogP contribution in [0.2, 0.25) is 0 Å². The van der Waals surface area contributed by atoms with Gasteiger partial charge < -0.3 is 14.8 Å². The van der Waals surface area contributed by atoms with Crippen molar-refractivity contribution in [2.75, 3.05) is 17.1 Å². The molecular formula is C14H14N2O2S. The molecule has 0 aliphatic rings. The number of para-hydroxylation sites is 2. The Bertz CT molecular complexity index is 543. The number of ether oxygens (including phenoxy) is 1. The molecule has 0 atom stereocenters. The fraction of sp³-hybridized carbons (Fsp3) is 0.0714. The molecule has 2 aromatic carbocycles. The minimum absolute atomic E-state index is 0.662. The lowest BCUT2D eigenvalue weighted by atomic mass is 10.3. The first-order valence-corrected chi connectivity index (χ1v) is 6.51. The van der Waals surface area contributed by atoms with E-state index in [2.05, 4.69) is 10.0 Å². The lowest BCUT2D eigenvalue weighted by Crippen LogP contribution is -1.94. The zero-order valence-corrected chi connectivity index (χ0v) is 11.2. The van der Waals surface area contributed by atoms with Crippen molar-refractivity contribution >= 4 is 29.7 Å². The maximum Gasteiger partial charge on any atom is 0.211 e. The highest BCUT2D eigenvalue weighted by atomic mass is 32.2. The molecule has 5 heteroatoms. The van der Waals surface area contributed by atoms with Gasteiger partial charge in [0.1, 0.15) is 5.75 Å². The van der Waals surface area contributed by atoms with Crippen molar-refractivity contribution in [3.63, 3.8) is 0 Å². The highest BCUT2D eigenvalue weighted by molar-refractivity contribution is 8.00. The van der Waals surface area contributed by atoms with Crippen molar-refractivity contribution in [2.45, 2.75) is 4.90 Å². The number of methoxy groups -OCH3 is 1. The van der Waals surface area contributed by atoms with Gasteiger partial charge in [-0.05, 0) is 48.3 Å². The summed E-state index contributed by atoms with van der Waals surface area (Å²) in [6, 6.07) is 15.3. The van der Waals surface area contributed by atoms with Crippen LogP contribution in [0.5, 0.6) is 5.75 Å². The minimum atomic E-state index is 0.662.